The third-order valence-corrected chi connectivity index (χ3v) is 4.38. The van der Waals surface area contributed by atoms with E-state index in [1.165, 1.54) is 0 Å². The van der Waals surface area contributed by atoms with Crippen LogP contribution in [0.15, 0.2) is 22.7 Å². The fourth-order valence-electron chi connectivity index (χ4n) is 2.26. The second kappa shape index (κ2) is 9.07. The maximum absolute atomic E-state index is 11.8. The smallest absolute Gasteiger partial charge is 0.407 e. The van der Waals surface area contributed by atoms with E-state index in [-0.39, 0.29) is 12.1 Å². The predicted octanol–water partition coefficient (Wildman–Crippen LogP) is 5.30. The Balaban J connectivity index is 2.67. The van der Waals surface area contributed by atoms with Crippen molar-refractivity contribution in [3.8, 4) is 0 Å². The second-order valence-electron chi connectivity index (χ2n) is 7.29. The molecule has 0 spiro atoms. The predicted molar refractivity (Wildman–Crippen MR) is 104 cm³/mol. The minimum Gasteiger partial charge on any atom is -0.444 e. The molecule has 2 unspecified atom stereocenters. The molecule has 1 amide bonds. The Morgan fingerprint density at radius 1 is 1.29 bits per heavy atom. The van der Waals surface area contributed by atoms with Crippen LogP contribution in [0.2, 0.25) is 5.02 Å². The molecule has 2 atom stereocenters. The van der Waals surface area contributed by atoms with E-state index in [1.54, 1.807) is 0 Å². The maximum Gasteiger partial charge on any atom is 0.407 e. The van der Waals surface area contributed by atoms with Crippen molar-refractivity contribution in [1.29, 1.82) is 0 Å². The van der Waals surface area contributed by atoms with Gasteiger partial charge in [-0.15, -0.1) is 0 Å². The van der Waals surface area contributed by atoms with Crippen LogP contribution in [0.5, 0.6) is 0 Å². The summed E-state index contributed by atoms with van der Waals surface area (Å²) >= 11 is 9.75. The van der Waals surface area contributed by atoms with Crippen LogP contribution in [0, 0.1) is 5.92 Å². The molecule has 136 valence electrons. The van der Waals surface area contributed by atoms with Crippen LogP contribution in [-0.4, -0.2) is 24.3 Å². The highest BCUT2D eigenvalue weighted by molar-refractivity contribution is 9.10. The Bertz CT molecular complexity index is 558. The fourth-order valence-corrected chi connectivity index (χ4v) is 3.10. The summed E-state index contributed by atoms with van der Waals surface area (Å²) in [4.78, 5) is 11.8. The Labute approximate surface area is 158 Å². The van der Waals surface area contributed by atoms with Crippen molar-refractivity contribution >= 4 is 33.6 Å². The lowest BCUT2D eigenvalue weighted by Crippen LogP contribution is -2.46. The number of hydrogen-bond acceptors (Lipinski definition) is 3. The highest BCUT2D eigenvalue weighted by Crippen LogP contribution is 2.27. The number of ether oxygens (including phenoxy) is 1. The van der Waals surface area contributed by atoms with E-state index >= 15 is 0 Å². The lowest BCUT2D eigenvalue weighted by molar-refractivity contribution is 0.0518. The summed E-state index contributed by atoms with van der Waals surface area (Å²) in [6, 6.07) is 6.04. The summed E-state index contributed by atoms with van der Waals surface area (Å²) in [6.45, 7) is 12.3. The molecule has 0 saturated heterocycles. The number of hydrogen-bond donors (Lipinski definition) is 2. The maximum atomic E-state index is 11.8. The number of carbonyl (C=O) groups excluding carboxylic acids is 1. The summed E-state index contributed by atoms with van der Waals surface area (Å²) in [5.74, 6) is 0.344. The number of carbonyl (C=O) groups is 1. The van der Waals surface area contributed by atoms with E-state index < -0.39 is 11.7 Å². The Morgan fingerprint density at radius 2 is 1.92 bits per heavy atom. The van der Waals surface area contributed by atoms with Crippen molar-refractivity contribution in [1.82, 2.24) is 10.6 Å². The summed E-state index contributed by atoms with van der Waals surface area (Å²) in [5, 5.41) is 7.09. The van der Waals surface area contributed by atoms with Gasteiger partial charge in [-0.3, -0.25) is 0 Å². The number of halogens is 2. The SMILES string of the molecule is CC(NC(CNC(=O)OC(C)(C)C)C(C)C)c1ccc(Br)cc1Cl. The first kappa shape index (κ1) is 21.3. The van der Waals surface area contributed by atoms with Crippen LogP contribution in [-0.2, 0) is 4.74 Å². The zero-order valence-corrected chi connectivity index (χ0v) is 17.6. The first-order valence-electron chi connectivity index (χ1n) is 8.17. The van der Waals surface area contributed by atoms with Gasteiger partial charge in [0.2, 0.25) is 0 Å². The molecule has 1 aromatic carbocycles. The molecular weight excluding hydrogens is 392 g/mol. The summed E-state index contributed by atoms with van der Waals surface area (Å²) in [6.07, 6.45) is -0.399. The van der Waals surface area contributed by atoms with Crippen LogP contribution >= 0.6 is 27.5 Å². The molecule has 2 N–H and O–H groups in total. The van der Waals surface area contributed by atoms with Crippen LogP contribution in [0.4, 0.5) is 4.79 Å². The van der Waals surface area contributed by atoms with Gasteiger partial charge in [0.15, 0.2) is 0 Å². The monoisotopic (exact) mass is 418 g/mol. The van der Waals surface area contributed by atoms with Crippen molar-refractivity contribution in [2.75, 3.05) is 6.54 Å². The lowest BCUT2D eigenvalue weighted by Gasteiger charge is -2.28. The van der Waals surface area contributed by atoms with Gasteiger partial charge in [-0.25, -0.2) is 4.79 Å². The average molecular weight is 420 g/mol. The van der Waals surface area contributed by atoms with Gasteiger partial charge in [0, 0.05) is 28.1 Å². The third kappa shape index (κ3) is 7.41. The van der Waals surface area contributed by atoms with E-state index in [9.17, 15) is 4.79 Å². The van der Waals surface area contributed by atoms with Crippen LogP contribution in [0.3, 0.4) is 0 Å². The standard InChI is InChI=1S/C18H28BrClN2O2/c1-11(2)16(10-21-17(23)24-18(4,5)6)22-12(3)14-8-7-13(19)9-15(14)20/h7-9,11-12,16,22H,10H2,1-6H3,(H,21,23). The topological polar surface area (TPSA) is 50.4 Å². The van der Waals surface area contributed by atoms with Crippen molar-refractivity contribution in [3.05, 3.63) is 33.3 Å². The molecular formula is C18H28BrClN2O2. The van der Waals surface area contributed by atoms with E-state index in [0.29, 0.717) is 17.5 Å². The van der Waals surface area contributed by atoms with E-state index in [4.69, 9.17) is 16.3 Å². The number of rotatable bonds is 6. The van der Waals surface area contributed by atoms with Gasteiger partial charge in [0.1, 0.15) is 5.60 Å². The molecule has 24 heavy (non-hydrogen) atoms. The fraction of sp³-hybridized carbons (Fsp3) is 0.611. The van der Waals surface area contributed by atoms with Gasteiger partial charge in [-0.1, -0.05) is 47.4 Å². The van der Waals surface area contributed by atoms with Gasteiger partial charge >= 0.3 is 6.09 Å². The highest BCUT2D eigenvalue weighted by Gasteiger charge is 2.21. The molecule has 0 heterocycles. The zero-order valence-electron chi connectivity index (χ0n) is 15.2. The molecule has 0 aliphatic carbocycles. The molecule has 6 heteroatoms. The van der Waals surface area contributed by atoms with Crippen molar-refractivity contribution < 1.29 is 9.53 Å². The van der Waals surface area contributed by atoms with E-state index in [2.05, 4.69) is 47.3 Å². The summed E-state index contributed by atoms with van der Waals surface area (Å²) in [5.41, 5.74) is 0.533. The third-order valence-electron chi connectivity index (χ3n) is 3.56. The molecule has 0 aliphatic heterocycles. The molecule has 0 saturated carbocycles. The number of nitrogens with one attached hydrogen (secondary N) is 2. The van der Waals surface area contributed by atoms with Crippen molar-refractivity contribution in [2.24, 2.45) is 5.92 Å². The Morgan fingerprint density at radius 3 is 2.42 bits per heavy atom. The van der Waals surface area contributed by atoms with Crippen molar-refractivity contribution in [3.63, 3.8) is 0 Å². The van der Waals surface area contributed by atoms with Gasteiger partial charge in [-0.05, 0) is 51.3 Å². The van der Waals surface area contributed by atoms with Crippen LogP contribution < -0.4 is 10.6 Å². The molecule has 0 radical (unpaired) electrons. The normalized spacial score (nSPS) is 14.4. The van der Waals surface area contributed by atoms with Crippen molar-refractivity contribution in [2.45, 2.75) is 59.2 Å². The minimum atomic E-state index is -0.497. The highest BCUT2D eigenvalue weighted by atomic mass is 79.9. The van der Waals surface area contributed by atoms with Crippen LogP contribution in [0.25, 0.3) is 0 Å². The van der Waals surface area contributed by atoms with Crippen LogP contribution in [0.1, 0.15) is 53.1 Å². The average Bonchev–Trinajstić information content (AvgIpc) is 2.40. The first-order chi connectivity index (χ1) is 11.0. The number of alkyl carbamates (subject to hydrolysis) is 1. The van der Waals surface area contributed by atoms with Gasteiger partial charge in [-0.2, -0.15) is 0 Å². The van der Waals surface area contributed by atoms with E-state index in [0.717, 1.165) is 10.0 Å². The van der Waals surface area contributed by atoms with Gasteiger partial charge < -0.3 is 15.4 Å². The molecule has 1 rings (SSSR count). The molecule has 0 aliphatic rings. The first-order valence-corrected chi connectivity index (χ1v) is 9.34. The molecule has 4 nitrogen and oxygen atoms in total. The van der Waals surface area contributed by atoms with Gasteiger partial charge in [0.05, 0.1) is 0 Å². The molecule has 0 bridgehead atoms. The quantitative estimate of drug-likeness (QED) is 0.657. The molecule has 0 aromatic heterocycles. The Hall–Kier alpha value is -0.780. The minimum absolute atomic E-state index is 0.0680. The largest absolute Gasteiger partial charge is 0.444 e. The lowest BCUT2D eigenvalue weighted by atomic mass is 10.0. The zero-order chi connectivity index (χ0) is 18.5. The Kier molecular flexibility index (Phi) is 8.03. The number of amides is 1. The molecule has 0 fully saturated rings. The number of benzene rings is 1. The summed E-state index contributed by atoms with van der Waals surface area (Å²) < 4.78 is 6.24. The summed E-state index contributed by atoms with van der Waals surface area (Å²) in [7, 11) is 0. The van der Waals surface area contributed by atoms with Gasteiger partial charge in [0.25, 0.3) is 0 Å². The van der Waals surface area contributed by atoms with E-state index in [1.807, 2.05) is 39.0 Å². The second-order valence-corrected chi connectivity index (χ2v) is 8.61. The molecule has 1 aromatic rings.